The number of aromatic nitrogens is 4. The molecule has 0 amide bonds. The second kappa shape index (κ2) is 4.96. The van der Waals surface area contributed by atoms with Gasteiger partial charge in [-0.2, -0.15) is 0 Å². The molecule has 0 spiro atoms. The zero-order chi connectivity index (χ0) is 16.3. The van der Waals surface area contributed by atoms with Crippen LogP contribution >= 0.6 is 11.3 Å². The number of benzene rings is 1. The molecule has 5 aromatic rings. The molecule has 0 aliphatic carbocycles. The van der Waals surface area contributed by atoms with Crippen LogP contribution in [0.3, 0.4) is 0 Å². The van der Waals surface area contributed by atoms with Gasteiger partial charge < -0.3 is 4.74 Å². The van der Waals surface area contributed by atoms with E-state index in [0.29, 0.717) is 6.61 Å². The normalized spacial score (nSPS) is 12.1. The first-order valence-corrected chi connectivity index (χ1v) is 8.51. The van der Waals surface area contributed by atoms with E-state index in [0.717, 1.165) is 42.8 Å². The van der Waals surface area contributed by atoms with Gasteiger partial charge in [0.1, 0.15) is 11.2 Å². The van der Waals surface area contributed by atoms with Gasteiger partial charge in [0.15, 0.2) is 5.65 Å². The fourth-order valence-corrected chi connectivity index (χ4v) is 4.47. The average Bonchev–Trinajstić information content (AvgIpc) is 3.13. The highest BCUT2D eigenvalue weighted by molar-refractivity contribution is 7.26. The van der Waals surface area contributed by atoms with E-state index in [9.17, 15) is 0 Å². The first kappa shape index (κ1) is 13.8. The van der Waals surface area contributed by atoms with E-state index in [-0.39, 0.29) is 0 Å². The molecule has 5 rings (SSSR count). The second-order valence-corrected chi connectivity index (χ2v) is 6.86. The molecular weight excluding hydrogens is 320 g/mol. The van der Waals surface area contributed by atoms with Crippen LogP contribution in [0.4, 0.5) is 0 Å². The van der Waals surface area contributed by atoms with Crippen molar-refractivity contribution in [1.82, 2.24) is 19.4 Å². The molecule has 0 saturated heterocycles. The molecule has 4 aromatic heterocycles. The molecule has 0 aliphatic rings. The van der Waals surface area contributed by atoms with Gasteiger partial charge in [-0.25, -0.2) is 15.0 Å². The number of rotatable bonds is 2. The molecule has 0 aliphatic heterocycles. The summed E-state index contributed by atoms with van der Waals surface area (Å²) in [6.45, 7) is 2.62. The van der Waals surface area contributed by atoms with Crippen LogP contribution < -0.4 is 0 Å². The number of para-hydroxylation sites is 2. The molecule has 0 saturated carbocycles. The van der Waals surface area contributed by atoms with Crippen molar-refractivity contribution in [1.29, 1.82) is 0 Å². The Morgan fingerprint density at radius 1 is 1.21 bits per heavy atom. The van der Waals surface area contributed by atoms with Gasteiger partial charge in [0.2, 0.25) is 0 Å². The lowest BCUT2D eigenvalue weighted by Gasteiger charge is -2.02. The Morgan fingerprint density at radius 3 is 2.96 bits per heavy atom. The van der Waals surface area contributed by atoms with Gasteiger partial charge in [0.05, 0.1) is 33.6 Å². The lowest BCUT2D eigenvalue weighted by molar-refractivity contribution is 0.182. The Bertz CT molecular complexity index is 1240. The van der Waals surface area contributed by atoms with E-state index in [1.54, 1.807) is 18.4 Å². The summed E-state index contributed by atoms with van der Waals surface area (Å²) in [6.07, 6.45) is 1.86. The van der Waals surface area contributed by atoms with Gasteiger partial charge in [0.25, 0.3) is 0 Å². The molecule has 6 heteroatoms. The van der Waals surface area contributed by atoms with E-state index in [2.05, 4.69) is 23.5 Å². The smallest absolute Gasteiger partial charge is 0.158 e. The van der Waals surface area contributed by atoms with E-state index in [1.165, 1.54) is 5.56 Å². The van der Waals surface area contributed by atoms with Crippen LogP contribution in [0, 0.1) is 6.92 Å². The number of methoxy groups -OCH3 is 1. The van der Waals surface area contributed by atoms with Crippen molar-refractivity contribution >= 4 is 48.5 Å². The van der Waals surface area contributed by atoms with Crippen LogP contribution in [0.5, 0.6) is 0 Å². The van der Waals surface area contributed by atoms with Gasteiger partial charge in [0, 0.05) is 12.5 Å². The molecule has 0 N–H and O–H groups in total. The van der Waals surface area contributed by atoms with Gasteiger partial charge in [-0.05, 0) is 30.7 Å². The maximum absolute atomic E-state index is 5.23. The van der Waals surface area contributed by atoms with Crippen molar-refractivity contribution < 1.29 is 4.74 Å². The van der Waals surface area contributed by atoms with Crippen LogP contribution in [0.15, 0.2) is 36.7 Å². The summed E-state index contributed by atoms with van der Waals surface area (Å²) in [6, 6.07) is 10.2. The number of imidazole rings is 1. The van der Waals surface area contributed by atoms with Gasteiger partial charge in [-0.3, -0.25) is 4.40 Å². The van der Waals surface area contributed by atoms with E-state index in [1.807, 2.05) is 24.5 Å². The monoisotopic (exact) mass is 334 g/mol. The summed E-state index contributed by atoms with van der Waals surface area (Å²) in [4.78, 5) is 15.3. The minimum Gasteiger partial charge on any atom is -0.378 e. The predicted molar refractivity (Wildman–Crippen MR) is 96.6 cm³/mol. The van der Waals surface area contributed by atoms with Crippen LogP contribution in [-0.2, 0) is 11.3 Å². The highest BCUT2D eigenvalue weighted by Crippen LogP contribution is 2.36. The average molecular weight is 334 g/mol. The fraction of sp³-hybridized carbons (Fsp3) is 0.167. The Hall–Kier alpha value is -2.57. The number of hydrogen-bond donors (Lipinski definition) is 0. The van der Waals surface area contributed by atoms with Crippen LogP contribution in [0.2, 0.25) is 0 Å². The van der Waals surface area contributed by atoms with Gasteiger partial charge in [-0.15, -0.1) is 11.3 Å². The third-order valence-electron chi connectivity index (χ3n) is 4.28. The Balaban J connectivity index is 1.93. The number of thiophene rings is 1. The number of aryl methyl sites for hydroxylation is 1. The molecule has 4 heterocycles. The summed E-state index contributed by atoms with van der Waals surface area (Å²) in [5, 5.41) is 1.12. The topological polar surface area (TPSA) is 52.3 Å². The van der Waals surface area contributed by atoms with Crippen LogP contribution in [0.1, 0.15) is 11.3 Å². The van der Waals surface area contributed by atoms with Crippen molar-refractivity contribution in [2.75, 3.05) is 7.11 Å². The van der Waals surface area contributed by atoms with E-state index in [4.69, 9.17) is 19.7 Å². The maximum atomic E-state index is 5.23. The molecule has 5 nitrogen and oxygen atoms in total. The molecule has 0 atom stereocenters. The standard InChI is InChI=1S/C18H14N4OS/c1-10-7-11(8-23-2)20-18-14(10)15-16(24-18)17-21-12-5-3-4-6-13(12)22(17)9-19-15/h3-7,9H,8H2,1-2H3. The number of nitrogens with zero attached hydrogens (tertiary/aromatic N) is 4. The first-order valence-electron chi connectivity index (χ1n) is 7.70. The van der Waals surface area contributed by atoms with Crippen molar-refractivity contribution in [3.8, 4) is 0 Å². The zero-order valence-corrected chi connectivity index (χ0v) is 14.1. The highest BCUT2D eigenvalue weighted by Gasteiger charge is 2.16. The summed E-state index contributed by atoms with van der Waals surface area (Å²) in [5.74, 6) is 0. The fourth-order valence-electron chi connectivity index (χ4n) is 3.26. The molecule has 0 fully saturated rings. The third-order valence-corrected chi connectivity index (χ3v) is 5.35. The van der Waals surface area contributed by atoms with Crippen LogP contribution in [-0.4, -0.2) is 26.5 Å². The zero-order valence-electron chi connectivity index (χ0n) is 13.3. The molecular formula is C18H14N4OS. The molecule has 0 unspecified atom stereocenters. The third kappa shape index (κ3) is 1.81. The van der Waals surface area contributed by atoms with E-state index < -0.39 is 0 Å². The summed E-state index contributed by atoms with van der Waals surface area (Å²) in [7, 11) is 1.69. The first-order chi connectivity index (χ1) is 11.8. The minimum atomic E-state index is 0.515. The lowest BCUT2D eigenvalue weighted by Crippen LogP contribution is -1.93. The van der Waals surface area contributed by atoms with E-state index >= 15 is 0 Å². The van der Waals surface area contributed by atoms with Gasteiger partial charge >= 0.3 is 0 Å². The molecule has 0 bridgehead atoms. The van der Waals surface area contributed by atoms with Crippen molar-refractivity contribution in [3.05, 3.63) is 47.9 Å². The Morgan fingerprint density at radius 2 is 2.08 bits per heavy atom. The summed E-state index contributed by atoms with van der Waals surface area (Å²) < 4.78 is 8.36. The number of pyridine rings is 1. The van der Waals surface area contributed by atoms with Gasteiger partial charge in [-0.1, -0.05) is 12.1 Å². The van der Waals surface area contributed by atoms with Crippen molar-refractivity contribution in [3.63, 3.8) is 0 Å². The molecule has 0 radical (unpaired) electrons. The lowest BCUT2D eigenvalue weighted by atomic mass is 10.1. The van der Waals surface area contributed by atoms with Crippen molar-refractivity contribution in [2.24, 2.45) is 0 Å². The summed E-state index contributed by atoms with van der Waals surface area (Å²) >= 11 is 1.65. The molecule has 24 heavy (non-hydrogen) atoms. The minimum absolute atomic E-state index is 0.515. The number of ether oxygens (including phenoxy) is 1. The second-order valence-electron chi connectivity index (χ2n) is 5.86. The highest BCUT2D eigenvalue weighted by atomic mass is 32.1. The maximum Gasteiger partial charge on any atom is 0.158 e. The largest absolute Gasteiger partial charge is 0.378 e. The Labute approximate surface area is 141 Å². The predicted octanol–water partition coefficient (Wildman–Crippen LogP) is 4.10. The number of hydrogen-bond acceptors (Lipinski definition) is 5. The summed E-state index contributed by atoms with van der Waals surface area (Å²) in [5.41, 5.74) is 6.09. The van der Waals surface area contributed by atoms with Crippen LogP contribution in [0.25, 0.3) is 37.1 Å². The molecule has 1 aromatic carbocycles. The van der Waals surface area contributed by atoms with Crippen molar-refractivity contribution in [2.45, 2.75) is 13.5 Å². The quantitative estimate of drug-likeness (QED) is 0.488. The molecule has 118 valence electrons. The Kier molecular flexibility index (Phi) is 2.86. The SMILES string of the molecule is COCc1cc(C)c2c(n1)sc1c2ncn2c3ccccc3nc12. The number of fused-ring (bicyclic) bond motifs is 7.